The summed E-state index contributed by atoms with van der Waals surface area (Å²) >= 11 is 1.72. The molecule has 0 unspecified atom stereocenters. The van der Waals surface area contributed by atoms with Gasteiger partial charge in [0.25, 0.3) is 0 Å². The highest BCUT2D eigenvalue weighted by Crippen LogP contribution is 2.33. The quantitative estimate of drug-likeness (QED) is 0.711. The van der Waals surface area contributed by atoms with Gasteiger partial charge in [-0.25, -0.2) is 4.79 Å². The summed E-state index contributed by atoms with van der Waals surface area (Å²) in [6.07, 6.45) is 0.702. The zero-order valence-electron chi connectivity index (χ0n) is 12.2. The summed E-state index contributed by atoms with van der Waals surface area (Å²) in [6.45, 7) is 0. The lowest BCUT2D eigenvalue weighted by molar-refractivity contribution is -0.712. The van der Waals surface area contributed by atoms with Crippen LogP contribution >= 0.6 is 11.3 Å². The molecule has 3 N–H and O–H groups in total. The van der Waals surface area contributed by atoms with Crippen LogP contribution in [0.15, 0.2) is 41.8 Å². The van der Waals surface area contributed by atoms with Gasteiger partial charge in [0.15, 0.2) is 12.1 Å². The molecule has 1 aliphatic heterocycles. The number of nitrogens with one attached hydrogen (secondary N) is 1. The Bertz CT molecular complexity index is 822. The Morgan fingerprint density at radius 1 is 1.32 bits per heavy atom. The Hall–Kier alpha value is -2.11. The van der Waals surface area contributed by atoms with Crippen molar-refractivity contribution in [2.24, 2.45) is 0 Å². The van der Waals surface area contributed by atoms with Crippen molar-refractivity contribution in [2.75, 3.05) is 7.11 Å². The van der Waals surface area contributed by atoms with E-state index in [1.165, 1.54) is 28.6 Å². The SMILES string of the molecule is COC(=O)[C@@H]1Cc2c([nH]c3ccccc23)[C@@H](c2cccs2)[NH2+]1. The Kier molecular flexibility index (Phi) is 3.24. The molecule has 0 bridgehead atoms. The van der Waals surface area contributed by atoms with Crippen LogP contribution in [0.1, 0.15) is 22.2 Å². The molecule has 0 saturated carbocycles. The molecule has 3 heterocycles. The number of benzene rings is 1. The minimum absolute atomic E-state index is 0.125. The van der Waals surface area contributed by atoms with Gasteiger partial charge in [-0.15, -0.1) is 11.3 Å². The predicted octanol–water partition coefficient (Wildman–Crippen LogP) is 1.98. The molecule has 0 radical (unpaired) electrons. The van der Waals surface area contributed by atoms with Crippen molar-refractivity contribution in [1.29, 1.82) is 0 Å². The van der Waals surface area contributed by atoms with Crippen molar-refractivity contribution in [3.63, 3.8) is 0 Å². The number of hydrogen-bond acceptors (Lipinski definition) is 3. The van der Waals surface area contributed by atoms with Gasteiger partial charge in [0.1, 0.15) is 0 Å². The van der Waals surface area contributed by atoms with Gasteiger partial charge in [-0.1, -0.05) is 24.3 Å². The number of esters is 1. The average molecular weight is 313 g/mol. The normalized spacial score (nSPS) is 20.8. The summed E-state index contributed by atoms with van der Waals surface area (Å²) in [7, 11) is 1.46. The highest BCUT2D eigenvalue weighted by molar-refractivity contribution is 7.10. The van der Waals surface area contributed by atoms with Crippen LogP contribution in [-0.4, -0.2) is 24.1 Å². The number of aromatic amines is 1. The molecule has 0 amide bonds. The predicted molar refractivity (Wildman–Crippen MR) is 85.9 cm³/mol. The Labute approximate surface area is 132 Å². The van der Waals surface area contributed by atoms with Crippen LogP contribution in [0, 0.1) is 0 Å². The van der Waals surface area contributed by atoms with Crippen LogP contribution in [-0.2, 0) is 16.0 Å². The Morgan fingerprint density at radius 3 is 2.95 bits per heavy atom. The van der Waals surface area contributed by atoms with E-state index >= 15 is 0 Å². The van der Waals surface area contributed by atoms with Gasteiger partial charge in [0.2, 0.25) is 0 Å². The van der Waals surface area contributed by atoms with Gasteiger partial charge in [-0.3, -0.25) is 0 Å². The first-order chi connectivity index (χ1) is 10.8. The van der Waals surface area contributed by atoms with E-state index in [9.17, 15) is 4.79 Å². The minimum atomic E-state index is -0.191. The van der Waals surface area contributed by atoms with Crippen LogP contribution in [0.2, 0.25) is 0 Å². The first kappa shape index (κ1) is 13.5. The number of carbonyl (C=O) groups excluding carboxylic acids is 1. The lowest BCUT2D eigenvalue weighted by atomic mass is 9.93. The minimum Gasteiger partial charge on any atom is -0.465 e. The van der Waals surface area contributed by atoms with E-state index in [0.29, 0.717) is 6.42 Å². The maximum Gasteiger partial charge on any atom is 0.364 e. The molecular formula is C17H17N2O2S+. The fourth-order valence-electron chi connectivity index (χ4n) is 3.34. The smallest absolute Gasteiger partial charge is 0.364 e. The summed E-state index contributed by atoms with van der Waals surface area (Å²) in [5.74, 6) is -0.155. The number of hydrogen-bond donors (Lipinski definition) is 2. The first-order valence-electron chi connectivity index (χ1n) is 7.33. The van der Waals surface area contributed by atoms with E-state index < -0.39 is 0 Å². The number of rotatable bonds is 2. The zero-order valence-corrected chi connectivity index (χ0v) is 13.0. The number of methoxy groups -OCH3 is 1. The van der Waals surface area contributed by atoms with Crippen molar-refractivity contribution in [2.45, 2.75) is 18.5 Å². The second kappa shape index (κ2) is 5.26. The second-order valence-electron chi connectivity index (χ2n) is 5.58. The average Bonchev–Trinajstić information content (AvgIpc) is 3.20. The molecule has 0 aliphatic carbocycles. The van der Waals surface area contributed by atoms with Crippen molar-refractivity contribution >= 4 is 28.2 Å². The summed E-state index contributed by atoms with van der Waals surface area (Å²) < 4.78 is 4.98. The summed E-state index contributed by atoms with van der Waals surface area (Å²) in [5.41, 5.74) is 3.59. The number of aromatic nitrogens is 1. The number of thiophene rings is 1. The second-order valence-corrected chi connectivity index (χ2v) is 6.56. The van der Waals surface area contributed by atoms with E-state index in [1.54, 1.807) is 11.3 Å². The first-order valence-corrected chi connectivity index (χ1v) is 8.21. The molecule has 4 nitrogen and oxygen atoms in total. The molecule has 22 heavy (non-hydrogen) atoms. The van der Waals surface area contributed by atoms with E-state index in [-0.39, 0.29) is 18.1 Å². The standard InChI is InChI=1S/C17H16N2O2S/c1-21-17(20)13-9-11-10-5-2-3-6-12(10)18-15(11)16(19-13)14-7-4-8-22-14/h2-8,13,16,18-19H,9H2,1H3/p+1/t13-,16+/m0/s1. The molecule has 5 heteroatoms. The number of H-pyrrole nitrogens is 1. The van der Waals surface area contributed by atoms with Crippen LogP contribution in [0.25, 0.3) is 10.9 Å². The molecule has 2 aromatic heterocycles. The van der Waals surface area contributed by atoms with Crippen molar-refractivity contribution < 1.29 is 14.8 Å². The molecule has 0 spiro atoms. The molecule has 3 aromatic rings. The van der Waals surface area contributed by atoms with Gasteiger partial charge in [0.05, 0.1) is 17.7 Å². The van der Waals surface area contributed by atoms with Crippen LogP contribution in [0.5, 0.6) is 0 Å². The van der Waals surface area contributed by atoms with Crippen molar-refractivity contribution in [1.82, 2.24) is 4.98 Å². The monoisotopic (exact) mass is 313 g/mol. The van der Waals surface area contributed by atoms with E-state index in [1.807, 2.05) is 12.1 Å². The number of carbonyl (C=O) groups is 1. The van der Waals surface area contributed by atoms with Gasteiger partial charge < -0.3 is 15.0 Å². The van der Waals surface area contributed by atoms with Crippen molar-refractivity contribution in [3.05, 3.63) is 57.9 Å². The number of fused-ring (bicyclic) bond motifs is 3. The van der Waals surface area contributed by atoms with Gasteiger partial charge in [-0.2, -0.15) is 0 Å². The number of quaternary nitrogens is 1. The van der Waals surface area contributed by atoms with E-state index in [0.717, 1.165) is 5.52 Å². The summed E-state index contributed by atoms with van der Waals surface area (Å²) in [6, 6.07) is 12.4. The fourth-order valence-corrected chi connectivity index (χ4v) is 4.16. The molecule has 2 atom stereocenters. The fraction of sp³-hybridized carbons (Fsp3) is 0.235. The third-order valence-corrected chi connectivity index (χ3v) is 5.32. The van der Waals surface area contributed by atoms with E-state index in [4.69, 9.17) is 4.74 Å². The van der Waals surface area contributed by atoms with Gasteiger partial charge in [0, 0.05) is 17.3 Å². The highest BCUT2D eigenvalue weighted by Gasteiger charge is 2.38. The molecule has 1 aromatic carbocycles. The molecule has 1 aliphatic rings. The zero-order chi connectivity index (χ0) is 15.1. The largest absolute Gasteiger partial charge is 0.465 e. The lowest BCUT2D eigenvalue weighted by Gasteiger charge is -2.25. The summed E-state index contributed by atoms with van der Waals surface area (Å²) in [5, 5.41) is 5.41. The molecule has 0 fully saturated rings. The molecular weight excluding hydrogens is 296 g/mol. The number of nitrogens with two attached hydrogens (primary N) is 1. The van der Waals surface area contributed by atoms with Gasteiger partial charge in [-0.05, 0) is 23.1 Å². The van der Waals surface area contributed by atoms with Crippen LogP contribution in [0.3, 0.4) is 0 Å². The maximum absolute atomic E-state index is 12.1. The summed E-state index contributed by atoms with van der Waals surface area (Å²) in [4.78, 5) is 16.9. The maximum atomic E-state index is 12.1. The Morgan fingerprint density at radius 2 is 2.18 bits per heavy atom. The van der Waals surface area contributed by atoms with Crippen LogP contribution in [0.4, 0.5) is 0 Å². The molecule has 112 valence electrons. The van der Waals surface area contributed by atoms with Crippen LogP contribution < -0.4 is 5.32 Å². The molecule has 4 rings (SSSR count). The van der Waals surface area contributed by atoms with Crippen molar-refractivity contribution in [3.8, 4) is 0 Å². The van der Waals surface area contributed by atoms with Gasteiger partial charge >= 0.3 is 5.97 Å². The molecule has 0 saturated heterocycles. The highest BCUT2D eigenvalue weighted by atomic mass is 32.1. The Balaban J connectivity index is 1.88. The number of ether oxygens (including phenoxy) is 1. The number of para-hydroxylation sites is 1. The van der Waals surface area contributed by atoms with E-state index in [2.05, 4.69) is 39.9 Å². The third-order valence-electron chi connectivity index (χ3n) is 4.36. The topological polar surface area (TPSA) is 58.7 Å². The third kappa shape index (κ3) is 2.05. The lowest BCUT2D eigenvalue weighted by Crippen LogP contribution is -2.94.